The van der Waals surface area contributed by atoms with Crippen molar-refractivity contribution in [1.29, 1.82) is 0 Å². The van der Waals surface area contributed by atoms with Crippen LogP contribution in [-0.2, 0) is 0 Å². The van der Waals surface area contributed by atoms with Crippen LogP contribution >= 0.6 is 15.9 Å². The van der Waals surface area contributed by atoms with E-state index >= 15 is 0 Å². The number of hydrogen-bond donors (Lipinski definition) is 1. The summed E-state index contributed by atoms with van der Waals surface area (Å²) in [5.41, 5.74) is 2.25. The lowest BCUT2D eigenvalue weighted by atomic mass is 10.1. The van der Waals surface area contributed by atoms with E-state index in [-0.39, 0.29) is 6.04 Å². The van der Waals surface area contributed by atoms with Crippen LogP contribution in [0.15, 0.2) is 53.0 Å². The molecule has 0 saturated carbocycles. The van der Waals surface area contributed by atoms with E-state index in [2.05, 4.69) is 40.3 Å². The highest BCUT2D eigenvalue weighted by atomic mass is 79.9. The Kier molecular flexibility index (Phi) is 4.86. The van der Waals surface area contributed by atoms with Gasteiger partial charge in [0.1, 0.15) is 5.75 Å². The molecule has 2 aromatic carbocycles. The molecule has 1 atom stereocenters. The van der Waals surface area contributed by atoms with Crippen LogP contribution in [0.4, 0.5) is 5.69 Å². The van der Waals surface area contributed by atoms with Gasteiger partial charge in [-0.25, -0.2) is 0 Å². The van der Waals surface area contributed by atoms with Crippen LogP contribution in [0.2, 0.25) is 0 Å². The predicted molar refractivity (Wildman–Crippen MR) is 83.8 cm³/mol. The Morgan fingerprint density at radius 3 is 2.53 bits per heavy atom. The molecule has 0 aliphatic carbocycles. The molecule has 100 valence electrons. The molecule has 0 radical (unpaired) electrons. The van der Waals surface area contributed by atoms with Crippen molar-refractivity contribution < 1.29 is 4.74 Å². The SMILES string of the molecule is CCOc1ccccc1NC(C)c1ccccc1Br. The standard InChI is InChI=1S/C16H18BrNO/c1-3-19-16-11-7-6-10-15(16)18-12(2)13-8-4-5-9-14(13)17/h4-12,18H,3H2,1-2H3. The summed E-state index contributed by atoms with van der Waals surface area (Å²) in [6.45, 7) is 4.80. The van der Waals surface area contributed by atoms with Crippen LogP contribution in [0.3, 0.4) is 0 Å². The fourth-order valence-corrected chi connectivity index (χ4v) is 2.63. The Bertz CT molecular complexity index is 542. The minimum absolute atomic E-state index is 0.206. The smallest absolute Gasteiger partial charge is 0.142 e. The molecule has 0 heterocycles. The average Bonchev–Trinajstić information content (AvgIpc) is 2.41. The number of halogens is 1. The summed E-state index contributed by atoms with van der Waals surface area (Å²) >= 11 is 3.59. The third-order valence-electron chi connectivity index (χ3n) is 2.93. The molecule has 19 heavy (non-hydrogen) atoms. The molecule has 0 spiro atoms. The lowest BCUT2D eigenvalue weighted by Gasteiger charge is -2.19. The number of nitrogens with one attached hydrogen (secondary N) is 1. The lowest BCUT2D eigenvalue weighted by molar-refractivity contribution is 0.341. The Morgan fingerprint density at radius 1 is 1.11 bits per heavy atom. The van der Waals surface area contributed by atoms with E-state index in [1.165, 1.54) is 5.56 Å². The predicted octanol–water partition coefficient (Wildman–Crippen LogP) is 5.02. The Morgan fingerprint density at radius 2 is 1.79 bits per heavy atom. The van der Waals surface area contributed by atoms with Crippen LogP contribution in [-0.4, -0.2) is 6.61 Å². The molecule has 1 unspecified atom stereocenters. The van der Waals surface area contributed by atoms with Gasteiger partial charge in [0.15, 0.2) is 0 Å². The molecule has 1 N–H and O–H groups in total. The fraction of sp³-hybridized carbons (Fsp3) is 0.250. The monoisotopic (exact) mass is 319 g/mol. The second kappa shape index (κ2) is 6.62. The van der Waals surface area contributed by atoms with Gasteiger partial charge in [0.2, 0.25) is 0 Å². The molecule has 0 fully saturated rings. The summed E-state index contributed by atoms with van der Waals surface area (Å²) in [7, 11) is 0. The number of rotatable bonds is 5. The number of anilines is 1. The van der Waals surface area contributed by atoms with Crippen molar-refractivity contribution in [2.45, 2.75) is 19.9 Å². The van der Waals surface area contributed by atoms with E-state index in [1.54, 1.807) is 0 Å². The first-order valence-electron chi connectivity index (χ1n) is 6.45. The van der Waals surface area contributed by atoms with Crippen molar-refractivity contribution in [2.75, 3.05) is 11.9 Å². The van der Waals surface area contributed by atoms with Gasteiger partial charge in [-0.3, -0.25) is 0 Å². The van der Waals surface area contributed by atoms with Crippen molar-refractivity contribution in [1.82, 2.24) is 0 Å². The van der Waals surface area contributed by atoms with E-state index in [0.717, 1.165) is 15.9 Å². The van der Waals surface area contributed by atoms with Gasteiger partial charge in [0.05, 0.1) is 12.3 Å². The normalized spacial score (nSPS) is 11.9. The fourth-order valence-electron chi connectivity index (χ4n) is 2.00. The molecule has 2 rings (SSSR count). The summed E-state index contributed by atoms with van der Waals surface area (Å²) in [6, 6.07) is 16.5. The average molecular weight is 320 g/mol. The first-order valence-corrected chi connectivity index (χ1v) is 7.24. The molecule has 0 aliphatic rings. The zero-order valence-corrected chi connectivity index (χ0v) is 12.8. The highest BCUT2D eigenvalue weighted by molar-refractivity contribution is 9.10. The van der Waals surface area contributed by atoms with E-state index < -0.39 is 0 Å². The van der Waals surface area contributed by atoms with Gasteiger partial charge in [-0.05, 0) is 37.6 Å². The van der Waals surface area contributed by atoms with Gasteiger partial charge in [0, 0.05) is 10.5 Å². The first-order chi connectivity index (χ1) is 9.22. The van der Waals surface area contributed by atoms with E-state index in [0.29, 0.717) is 6.61 Å². The lowest BCUT2D eigenvalue weighted by Crippen LogP contribution is -2.08. The molecule has 3 heteroatoms. The number of para-hydroxylation sites is 2. The highest BCUT2D eigenvalue weighted by Crippen LogP contribution is 2.30. The van der Waals surface area contributed by atoms with Crippen LogP contribution in [0.5, 0.6) is 5.75 Å². The molecule has 0 aromatic heterocycles. The third-order valence-corrected chi connectivity index (χ3v) is 3.65. The molecular weight excluding hydrogens is 302 g/mol. The van der Waals surface area contributed by atoms with Gasteiger partial charge in [-0.15, -0.1) is 0 Å². The largest absolute Gasteiger partial charge is 0.492 e. The summed E-state index contributed by atoms with van der Waals surface area (Å²) in [4.78, 5) is 0. The molecule has 0 saturated heterocycles. The van der Waals surface area contributed by atoms with Gasteiger partial charge in [-0.2, -0.15) is 0 Å². The molecule has 2 nitrogen and oxygen atoms in total. The minimum atomic E-state index is 0.206. The maximum absolute atomic E-state index is 5.63. The van der Waals surface area contributed by atoms with Gasteiger partial charge in [-0.1, -0.05) is 46.3 Å². The van der Waals surface area contributed by atoms with E-state index in [4.69, 9.17) is 4.74 Å². The Balaban J connectivity index is 2.19. The van der Waals surface area contributed by atoms with Crippen molar-refractivity contribution in [3.05, 3.63) is 58.6 Å². The second-order valence-corrected chi connectivity index (χ2v) is 5.17. The molecule has 0 aliphatic heterocycles. The van der Waals surface area contributed by atoms with Crippen molar-refractivity contribution in [3.63, 3.8) is 0 Å². The maximum atomic E-state index is 5.63. The van der Waals surface area contributed by atoms with Crippen LogP contribution < -0.4 is 10.1 Å². The summed E-state index contributed by atoms with van der Waals surface area (Å²) in [5, 5.41) is 3.50. The Hall–Kier alpha value is -1.48. The number of hydrogen-bond acceptors (Lipinski definition) is 2. The van der Waals surface area contributed by atoms with E-state index in [9.17, 15) is 0 Å². The van der Waals surface area contributed by atoms with Crippen LogP contribution in [0, 0.1) is 0 Å². The molecule has 2 aromatic rings. The Labute approximate surface area is 122 Å². The number of benzene rings is 2. The van der Waals surface area contributed by atoms with Gasteiger partial charge >= 0.3 is 0 Å². The third kappa shape index (κ3) is 3.51. The van der Waals surface area contributed by atoms with Crippen LogP contribution in [0.1, 0.15) is 25.5 Å². The second-order valence-electron chi connectivity index (χ2n) is 4.32. The summed E-state index contributed by atoms with van der Waals surface area (Å²) < 4.78 is 6.74. The number of ether oxygens (including phenoxy) is 1. The summed E-state index contributed by atoms with van der Waals surface area (Å²) in [5.74, 6) is 0.893. The summed E-state index contributed by atoms with van der Waals surface area (Å²) in [6.07, 6.45) is 0. The first kappa shape index (κ1) is 13.9. The minimum Gasteiger partial charge on any atom is -0.492 e. The van der Waals surface area contributed by atoms with Gasteiger partial charge < -0.3 is 10.1 Å². The topological polar surface area (TPSA) is 21.3 Å². The molecule has 0 bridgehead atoms. The van der Waals surface area contributed by atoms with Crippen molar-refractivity contribution in [3.8, 4) is 5.75 Å². The molecule has 0 amide bonds. The zero-order chi connectivity index (χ0) is 13.7. The quantitative estimate of drug-likeness (QED) is 0.835. The van der Waals surface area contributed by atoms with Crippen molar-refractivity contribution in [2.24, 2.45) is 0 Å². The molecular formula is C16H18BrNO. The maximum Gasteiger partial charge on any atom is 0.142 e. The van der Waals surface area contributed by atoms with E-state index in [1.807, 2.05) is 43.3 Å². The highest BCUT2D eigenvalue weighted by Gasteiger charge is 2.10. The van der Waals surface area contributed by atoms with Crippen molar-refractivity contribution >= 4 is 21.6 Å². The van der Waals surface area contributed by atoms with Crippen LogP contribution in [0.25, 0.3) is 0 Å². The van der Waals surface area contributed by atoms with Gasteiger partial charge in [0.25, 0.3) is 0 Å². The zero-order valence-electron chi connectivity index (χ0n) is 11.2.